The summed E-state index contributed by atoms with van der Waals surface area (Å²) in [6.07, 6.45) is 0. The zero-order valence-corrected chi connectivity index (χ0v) is 14.2. The van der Waals surface area contributed by atoms with Crippen LogP contribution in [-0.4, -0.2) is 17.3 Å². The zero-order chi connectivity index (χ0) is 16.2. The molecule has 0 saturated heterocycles. The van der Waals surface area contributed by atoms with E-state index in [0.717, 1.165) is 17.1 Å². The van der Waals surface area contributed by atoms with E-state index in [1.54, 1.807) is 18.9 Å². The number of thioether (sulfide) groups is 1. The van der Waals surface area contributed by atoms with Crippen LogP contribution in [-0.2, 0) is 5.75 Å². The second-order valence-corrected chi connectivity index (χ2v) is 6.22. The molecular weight excluding hydrogens is 308 g/mol. The van der Waals surface area contributed by atoms with E-state index in [1.807, 2.05) is 24.3 Å². The standard InChI is InChI=1S/C18H18N2O2S/c1-12-8-9-13(2)14(10-12)11-23-18-20-19-17(22-18)15-6-4-5-7-16(15)21-3/h4-10H,11H2,1-3H3. The minimum atomic E-state index is 0.478. The number of aromatic nitrogens is 2. The molecule has 0 aliphatic carbocycles. The predicted molar refractivity (Wildman–Crippen MR) is 91.8 cm³/mol. The summed E-state index contributed by atoms with van der Waals surface area (Å²) in [7, 11) is 1.63. The molecule has 0 saturated carbocycles. The van der Waals surface area contributed by atoms with Crippen LogP contribution in [0.25, 0.3) is 11.5 Å². The van der Waals surface area contributed by atoms with E-state index in [-0.39, 0.29) is 0 Å². The van der Waals surface area contributed by atoms with E-state index in [4.69, 9.17) is 9.15 Å². The van der Waals surface area contributed by atoms with E-state index in [0.29, 0.717) is 11.1 Å². The molecule has 3 aromatic rings. The largest absolute Gasteiger partial charge is 0.496 e. The average molecular weight is 326 g/mol. The lowest BCUT2D eigenvalue weighted by Gasteiger charge is -2.05. The summed E-state index contributed by atoms with van der Waals surface area (Å²) in [6.45, 7) is 4.21. The Hall–Kier alpha value is -2.27. The number of para-hydroxylation sites is 1. The summed E-state index contributed by atoms with van der Waals surface area (Å²) in [4.78, 5) is 0. The molecule has 1 heterocycles. The quantitative estimate of drug-likeness (QED) is 0.638. The van der Waals surface area contributed by atoms with Crippen LogP contribution in [0, 0.1) is 13.8 Å². The summed E-state index contributed by atoms with van der Waals surface area (Å²) < 4.78 is 11.1. The number of nitrogens with zero attached hydrogens (tertiary/aromatic N) is 2. The Morgan fingerprint density at radius 2 is 1.91 bits per heavy atom. The highest BCUT2D eigenvalue weighted by molar-refractivity contribution is 7.98. The Kier molecular flexibility index (Phi) is 4.67. The van der Waals surface area contributed by atoms with Gasteiger partial charge in [-0.3, -0.25) is 0 Å². The highest BCUT2D eigenvalue weighted by atomic mass is 32.2. The van der Waals surface area contributed by atoms with Crippen LogP contribution in [0.15, 0.2) is 52.1 Å². The van der Waals surface area contributed by atoms with Crippen molar-refractivity contribution >= 4 is 11.8 Å². The van der Waals surface area contributed by atoms with Crippen LogP contribution in [0.5, 0.6) is 5.75 Å². The first-order valence-electron chi connectivity index (χ1n) is 7.33. The molecule has 2 aromatic carbocycles. The third-order valence-corrected chi connectivity index (χ3v) is 4.47. The van der Waals surface area contributed by atoms with Crippen molar-refractivity contribution in [3.63, 3.8) is 0 Å². The summed E-state index contributed by atoms with van der Waals surface area (Å²) in [5.74, 6) is 2.01. The van der Waals surface area contributed by atoms with Crippen molar-refractivity contribution < 1.29 is 9.15 Å². The molecule has 1 aromatic heterocycles. The molecule has 0 fully saturated rings. The first-order valence-corrected chi connectivity index (χ1v) is 8.32. The molecule has 0 bridgehead atoms. The minimum absolute atomic E-state index is 0.478. The number of methoxy groups -OCH3 is 1. The summed E-state index contributed by atoms with van der Waals surface area (Å²) in [6, 6.07) is 14.1. The molecule has 3 rings (SSSR count). The topological polar surface area (TPSA) is 48.2 Å². The number of rotatable bonds is 5. The lowest BCUT2D eigenvalue weighted by atomic mass is 10.1. The van der Waals surface area contributed by atoms with E-state index in [2.05, 4.69) is 42.2 Å². The number of aryl methyl sites for hydroxylation is 2. The van der Waals surface area contributed by atoms with Gasteiger partial charge in [0.2, 0.25) is 0 Å². The molecule has 23 heavy (non-hydrogen) atoms. The fraction of sp³-hybridized carbons (Fsp3) is 0.222. The lowest BCUT2D eigenvalue weighted by Crippen LogP contribution is -1.87. The van der Waals surface area contributed by atoms with E-state index in [9.17, 15) is 0 Å². The predicted octanol–water partition coefficient (Wildman–Crippen LogP) is 4.65. The van der Waals surface area contributed by atoms with Gasteiger partial charge >= 0.3 is 0 Å². The second kappa shape index (κ2) is 6.87. The van der Waals surface area contributed by atoms with E-state index < -0.39 is 0 Å². The number of hydrogen-bond donors (Lipinski definition) is 0. The maximum atomic E-state index is 5.76. The van der Waals surface area contributed by atoms with Gasteiger partial charge in [-0.05, 0) is 37.1 Å². The molecule has 0 unspecified atom stereocenters. The van der Waals surface area contributed by atoms with Crippen molar-refractivity contribution in [2.45, 2.75) is 24.8 Å². The summed E-state index contributed by atoms with van der Waals surface area (Å²) >= 11 is 1.54. The van der Waals surface area contributed by atoms with Gasteiger partial charge in [0.15, 0.2) is 0 Å². The third-order valence-electron chi connectivity index (χ3n) is 3.60. The van der Waals surface area contributed by atoms with Crippen molar-refractivity contribution in [2.75, 3.05) is 7.11 Å². The van der Waals surface area contributed by atoms with Crippen LogP contribution in [0.2, 0.25) is 0 Å². The molecule has 4 nitrogen and oxygen atoms in total. The van der Waals surface area contributed by atoms with Crippen LogP contribution in [0.4, 0.5) is 0 Å². The van der Waals surface area contributed by atoms with Gasteiger partial charge in [-0.2, -0.15) is 0 Å². The van der Waals surface area contributed by atoms with Gasteiger partial charge in [0.05, 0.1) is 12.7 Å². The Morgan fingerprint density at radius 1 is 1.09 bits per heavy atom. The molecule has 0 N–H and O–H groups in total. The van der Waals surface area contributed by atoms with Crippen LogP contribution in [0.3, 0.4) is 0 Å². The Balaban J connectivity index is 1.76. The van der Waals surface area contributed by atoms with Crippen molar-refractivity contribution in [1.29, 1.82) is 0 Å². The molecule has 5 heteroatoms. The Bertz CT molecular complexity index is 814. The average Bonchev–Trinajstić information content (AvgIpc) is 3.04. The van der Waals surface area contributed by atoms with Crippen LogP contribution >= 0.6 is 11.8 Å². The number of hydrogen-bond acceptors (Lipinski definition) is 5. The highest BCUT2D eigenvalue weighted by Gasteiger charge is 2.13. The van der Waals surface area contributed by atoms with Crippen molar-refractivity contribution in [3.05, 3.63) is 59.2 Å². The maximum absolute atomic E-state index is 5.76. The SMILES string of the molecule is COc1ccccc1-c1nnc(SCc2cc(C)ccc2C)o1. The molecule has 0 spiro atoms. The first kappa shape index (κ1) is 15.6. The van der Waals surface area contributed by atoms with Crippen LogP contribution < -0.4 is 4.74 Å². The lowest BCUT2D eigenvalue weighted by molar-refractivity contribution is 0.411. The van der Waals surface area contributed by atoms with Gasteiger partial charge < -0.3 is 9.15 Å². The van der Waals surface area contributed by atoms with Gasteiger partial charge in [0.1, 0.15) is 5.75 Å². The molecule has 0 radical (unpaired) electrons. The van der Waals surface area contributed by atoms with Gasteiger partial charge in [-0.25, -0.2) is 0 Å². The number of benzene rings is 2. The fourth-order valence-electron chi connectivity index (χ4n) is 2.29. The highest BCUT2D eigenvalue weighted by Crippen LogP contribution is 2.31. The van der Waals surface area contributed by atoms with Gasteiger partial charge in [0, 0.05) is 5.75 Å². The van der Waals surface area contributed by atoms with Crippen molar-refractivity contribution in [3.8, 4) is 17.2 Å². The molecule has 0 amide bonds. The van der Waals surface area contributed by atoms with E-state index in [1.165, 1.54) is 16.7 Å². The van der Waals surface area contributed by atoms with Gasteiger partial charge in [0.25, 0.3) is 11.1 Å². The summed E-state index contributed by atoms with van der Waals surface area (Å²) in [5, 5.41) is 8.82. The third kappa shape index (κ3) is 3.56. The molecule has 0 atom stereocenters. The molecule has 0 aliphatic rings. The summed E-state index contributed by atoms with van der Waals surface area (Å²) in [5.41, 5.74) is 4.62. The molecule has 0 aliphatic heterocycles. The minimum Gasteiger partial charge on any atom is -0.496 e. The van der Waals surface area contributed by atoms with Gasteiger partial charge in [-0.1, -0.05) is 47.7 Å². The van der Waals surface area contributed by atoms with Crippen molar-refractivity contribution in [2.24, 2.45) is 0 Å². The zero-order valence-electron chi connectivity index (χ0n) is 13.4. The second-order valence-electron chi connectivity index (χ2n) is 5.29. The fourth-order valence-corrected chi connectivity index (χ4v) is 3.12. The van der Waals surface area contributed by atoms with Gasteiger partial charge in [-0.15, -0.1) is 10.2 Å². The smallest absolute Gasteiger partial charge is 0.277 e. The Morgan fingerprint density at radius 3 is 2.74 bits per heavy atom. The molecule has 118 valence electrons. The normalized spacial score (nSPS) is 10.7. The first-order chi connectivity index (χ1) is 11.2. The Labute approximate surface area is 139 Å². The molecular formula is C18H18N2O2S. The van der Waals surface area contributed by atoms with Crippen LogP contribution in [0.1, 0.15) is 16.7 Å². The number of ether oxygens (including phenoxy) is 1. The monoisotopic (exact) mass is 326 g/mol. The van der Waals surface area contributed by atoms with E-state index >= 15 is 0 Å². The maximum Gasteiger partial charge on any atom is 0.277 e. The van der Waals surface area contributed by atoms with Crippen molar-refractivity contribution in [1.82, 2.24) is 10.2 Å².